The van der Waals surface area contributed by atoms with Crippen LogP contribution in [0.5, 0.6) is 6.01 Å². The van der Waals surface area contributed by atoms with Gasteiger partial charge in [-0.25, -0.2) is 8.78 Å². The molecule has 44 heavy (non-hydrogen) atoms. The molecule has 4 aromatic rings. The second-order valence-corrected chi connectivity index (χ2v) is 13.6. The summed E-state index contributed by atoms with van der Waals surface area (Å²) in [5, 5.41) is 11.3. The molecule has 8 heteroatoms. The Balaban J connectivity index is 2.05. The Morgan fingerprint density at radius 2 is 1.77 bits per heavy atom. The fraction of sp³-hybridized carbons (Fsp3) is 0.528. The van der Waals surface area contributed by atoms with Crippen molar-refractivity contribution in [1.82, 2.24) is 9.97 Å². The van der Waals surface area contributed by atoms with Gasteiger partial charge in [-0.2, -0.15) is 15.2 Å². The van der Waals surface area contributed by atoms with Crippen LogP contribution in [-0.2, 0) is 6.42 Å². The van der Waals surface area contributed by atoms with Gasteiger partial charge in [0.25, 0.3) is 0 Å². The molecule has 4 rings (SSSR count). The minimum absolute atomic E-state index is 0.0275. The number of halogens is 2. The number of ether oxygens (including phenoxy) is 1. The average molecular weight is 621 g/mol. The maximum Gasteiger partial charge on any atom is 0.319 e. The zero-order valence-electron chi connectivity index (χ0n) is 27.6. The van der Waals surface area contributed by atoms with E-state index < -0.39 is 11.6 Å². The van der Waals surface area contributed by atoms with E-state index in [1.165, 1.54) is 17.4 Å². The van der Waals surface area contributed by atoms with Gasteiger partial charge in [-0.1, -0.05) is 67.4 Å². The van der Waals surface area contributed by atoms with E-state index in [2.05, 4.69) is 50.6 Å². The molecular formula is C36H46F2N4OS. The molecule has 2 atom stereocenters. The number of aromatic nitrogens is 2. The standard InChI is InChI=1S/C36H46F2N4OS/c1-10-13-23-18-25-32(40-36(43-12-3)41-35(25)42(9)28(20(4)5)17-14-22(8)11-2)31(38)29(23)24-15-16-27(37)34-30(24)26(19-39)33(44-34)21(6)7/h15-16,18,20-22,28H,10-14,17H2,1-9H3. The predicted octanol–water partition coefficient (Wildman–Crippen LogP) is 10.4. The topological polar surface area (TPSA) is 62.0 Å². The number of rotatable bonds is 13. The van der Waals surface area contributed by atoms with Crippen LogP contribution in [0, 0.1) is 34.8 Å². The van der Waals surface area contributed by atoms with Crippen molar-refractivity contribution in [1.29, 1.82) is 5.26 Å². The molecule has 0 aliphatic rings. The molecule has 0 aliphatic carbocycles. The molecule has 2 unspecified atom stereocenters. The molecule has 2 aromatic carbocycles. The van der Waals surface area contributed by atoms with Crippen LogP contribution in [0.2, 0.25) is 0 Å². The van der Waals surface area contributed by atoms with Crippen molar-refractivity contribution in [3.63, 3.8) is 0 Å². The van der Waals surface area contributed by atoms with Crippen molar-refractivity contribution in [2.24, 2.45) is 11.8 Å². The Morgan fingerprint density at radius 1 is 1.05 bits per heavy atom. The van der Waals surface area contributed by atoms with Gasteiger partial charge in [0.1, 0.15) is 23.2 Å². The quantitative estimate of drug-likeness (QED) is 0.149. The highest BCUT2D eigenvalue weighted by Gasteiger charge is 2.28. The monoisotopic (exact) mass is 620 g/mol. The van der Waals surface area contributed by atoms with Crippen LogP contribution in [0.15, 0.2) is 18.2 Å². The first-order valence-corrected chi connectivity index (χ1v) is 16.8. The van der Waals surface area contributed by atoms with E-state index in [-0.39, 0.29) is 23.5 Å². The average Bonchev–Trinajstić information content (AvgIpc) is 3.39. The van der Waals surface area contributed by atoms with E-state index in [4.69, 9.17) is 9.72 Å². The van der Waals surface area contributed by atoms with Gasteiger partial charge in [0.05, 0.1) is 16.9 Å². The summed E-state index contributed by atoms with van der Waals surface area (Å²) in [7, 11) is 2.03. The molecule has 0 saturated carbocycles. The van der Waals surface area contributed by atoms with Crippen LogP contribution >= 0.6 is 11.3 Å². The normalized spacial score (nSPS) is 13.2. The van der Waals surface area contributed by atoms with Gasteiger partial charge in [0.2, 0.25) is 0 Å². The third-order valence-corrected chi connectivity index (χ3v) is 10.2. The number of nitriles is 1. The van der Waals surface area contributed by atoms with Crippen molar-refractivity contribution in [2.75, 3.05) is 18.6 Å². The van der Waals surface area contributed by atoms with Gasteiger partial charge in [0.15, 0.2) is 5.82 Å². The SMILES string of the molecule is CCCc1cc2c(N(C)C(CCC(C)CC)C(C)C)nc(OCC)nc2c(F)c1-c1ccc(F)c2sc(C(C)C)c(C#N)c12. The van der Waals surface area contributed by atoms with E-state index in [1.54, 1.807) is 6.07 Å². The van der Waals surface area contributed by atoms with Gasteiger partial charge in [0, 0.05) is 34.3 Å². The van der Waals surface area contributed by atoms with Crippen LogP contribution < -0.4 is 9.64 Å². The first-order chi connectivity index (χ1) is 21.0. The second kappa shape index (κ2) is 14.2. The Labute approximate surface area is 265 Å². The molecule has 0 spiro atoms. The van der Waals surface area contributed by atoms with Gasteiger partial charge in [-0.3, -0.25) is 0 Å². The van der Waals surface area contributed by atoms with E-state index in [0.717, 1.165) is 36.1 Å². The molecule has 236 valence electrons. The van der Waals surface area contributed by atoms with Gasteiger partial charge >= 0.3 is 6.01 Å². The van der Waals surface area contributed by atoms with Crippen LogP contribution in [-0.4, -0.2) is 29.7 Å². The molecule has 2 heterocycles. The Kier molecular flexibility index (Phi) is 10.8. The van der Waals surface area contributed by atoms with Crippen molar-refractivity contribution < 1.29 is 13.5 Å². The van der Waals surface area contributed by atoms with E-state index in [0.29, 0.717) is 62.8 Å². The zero-order valence-corrected chi connectivity index (χ0v) is 28.5. The number of fused-ring (bicyclic) bond motifs is 2. The lowest BCUT2D eigenvalue weighted by Gasteiger charge is -2.34. The maximum absolute atomic E-state index is 17.2. The summed E-state index contributed by atoms with van der Waals surface area (Å²) in [6.45, 7) is 17.1. The first kappa shape index (κ1) is 33.6. The van der Waals surface area contributed by atoms with Crippen LogP contribution in [0.1, 0.15) is 103 Å². The number of nitrogens with zero attached hydrogens (tertiary/aromatic N) is 4. The maximum atomic E-state index is 17.2. The number of anilines is 1. The number of thiophene rings is 1. The molecular weight excluding hydrogens is 574 g/mol. The van der Waals surface area contributed by atoms with E-state index in [9.17, 15) is 5.26 Å². The predicted molar refractivity (Wildman–Crippen MR) is 180 cm³/mol. The van der Waals surface area contributed by atoms with Crippen LogP contribution in [0.25, 0.3) is 32.1 Å². The molecule has 0 fully saturated rings. The van der Waals surface area contributed by atoms with Gasteiger partial charge in [-0.15, -0.1) is 11.3 Å². The van der Waals surface area contributed by atoms with Crippen molar-refractivity contribution in [3.8, 4) is 23.2 Å². The third kappa shape index (κ3) is 6.40. The fourth-order valence-electron chi connectivity index (χ4n) is 6.17. The summed E-state index contributed by atoms with van der Waals surface area (Å²) in [6, 6.07) is 7.62. The summed E-state index contributed by atoms with van der Waals surface area (Å²) >= 11 is 1.28. The smallest absolute Gasteiger partial charge is 0.319 e. The summed E-state index contributed by atoms with van der Waals surface area (Å²) in [6.07, 6.45) is 4.58. The van der Waals surface area contributed by atoms with Gasteiger partial charge in [-0.05, 0) is 67.2 Å². The zero-order chi connectivity index (χ0) is 32.3. The molecule has 2 aromatic heterocycles. The highest BCUT2D eigenvalue weighted by Crippen LogP contribution is 2.45. The summed E-state index contributed by atoms with van der Waals surface area (Å²) in [5.74, 6) is 0.718. The van der Waals surface area contributed by atoms with Crippen LogP contribution in [0.3, 0.4) is 0 Å². The largest absolute Gasteiger partial charge is 0.464 e. The Bertz CT molecular complexity index is 1670. The third-order valence-electron chi connectivity index (χ3n) is 8.74. The number of hydrogen-bond acceptors (Lipinski definition) is 6. The van der Waals surface area contributed by atoms with Crippen molar-refractivity contribution in [3.05, 3.63) is 45.8 Å². The number of benzene rings is 2. The highest BCUT2D eigenvalue weighted by molar-refractivity contribution is 7.19. The van der Waals surface area contributed by atoms with E-state index in [1.807, 2.05) is 33.9 Å². The molecule has 0 N–H and O–H groups in total. The Hall–Kier alpha value is -3.31. The lowest BCUT2D eigenvalue weighted by atomic mass is 9.90. The number of aryl methyl sites for hydroxylation is 1. The lowest BCUT2D eigenvalue weighted by molar-refractivity contribution is 0.313. The van der Waals surface area contributed by atoms with Crippen LogP contribution in [0.4, 0.5) is 14.6 Å². The van der Waals surface area contributed by atoms with Crippen molar-refractivity contribution in [2.45, 2.75) is 99.5 Å². The molecule has 0 radical (unpaired) electrons. The molecule has 0 amide bonds. The summed E-state index contributed by atoms with van der Waals surface area (Å²) in [4.78, 5) is 12.4. The van der Waals surface area contributed by atoms with Gasteiger partial charge < -0.3 is 9.64 Å². The minimum atomic E-state index is -0.501. The molecule has 5 nitrogen and oxygen atoms in total. The molecule has 0 bridgehead atoms. The molecule has 0 saturated heterocycles. The Morgan fingerprint density at radius 3 is 2.36 bits per heavy atom. The first-order valence-electron chi connectivity index (χ1n) is 16.0. The fourth-order valence-corrected chi connectivity index (χ4v) is 7.35. The number of hydrogen-bond donors (Lipinski definition) is 0. The lowest BCUT2D eigenvalue weighted by Crippen LogP contribution is -2.37. The minimum Gasteiger partial charge on any atom is -0.464 e. The van der Waals surface area contributed by atoms with E-state index >= 15 is 8.78 Å². The summed E-state index contributed by atoms with van der Waals surface area (Å²) < 4.78 is 38.5. The van der Waals surface area contributed by atoms with Crippen molar-refractivity contribution >= 4 is 38.1 Å². The summed E-state index contributed by atoms with van der Waals surface area (Å²) in [5.41, 5.74) is 2.25. The highest BCUT2D eigenvalue weighted by atomic mass is 32.1. The second-order valence-electron chi connectivity index (χ2n) is 12.6. The molecule has 0 aliphatic heterocycles.